The second kappa shape index (κ2) is 18.8. The molecule has 6 nitrogen and oxygen atoms in total. The normalized spacial score (nSPS) is 12.6. The molecule has 3 aromatic heterocycles. The van der Waals surface area contributed by atoms with Crippen molar-refractivity contribution in [1.29, 1.82) is 0 Å². The van der Waals surface area contributed by atoms with Crippen LogP contribution in [0.5, 0.6) is 0 Å². The number of fused-ring (bicyclic) bond motifs is 6. The fourth-order valence-corrected chi connectivity index (χ4v) is 13.0. The van der Waals surface area contributed by atoms with E-state index < -0.39 is 0 Å². The average Bonchev–Trinajstić information content (AvgIpc) is 3.84. The van der Waals surface area contributed by atoms with Crippen molar-refractivity contribution in [2.45, 2.75) is 45.4 Å². The maximum absolute atomic E-state index is 5.54. The highest BCUT2D eigenvalue weighted by Gasteiger charge is 2.36. The third-order valence-electron chi connectivity index (χ3n) is 13.8. The molecule has 0 spiro atoms. The van der Waals surface area contributed by atoms with Crippen LogP contribution in [-0.2, 0) is 11.8 Å². The van der Waals surface area contributed by atoms with E-state index >= 15 is 0 Å². The van der Waals surface area contributed by atoms with E-state index in [9.17, 15) is 0 Å². The summed E-state index contributed by atoms with van der Waals surface area (Å²) in [5, 5.41) is 2.38. The second-order valence-corrected chi connectivity index (χ2v) is 22.5. The maximum atomic E-state index is 5.54. The number of hydrogen-bond donors (Lipinski definition) is 0. The Balaban J connectivity index is 1.16. The minimum Gasteiger partial charge on any atom is -0.308 e. The Kier molecular flexibility index (Phi) is 12.2. The topological polar surface area (TPSA) is 69.4 Å². The van der Waals surface area contributed by atoms with Gasteiger partial charge in [-0.15, -0.1) is 0 Å². The van der Waals surface area contributed by atoms with Crippen molar-refractivity contribution in [2.75, 3.05) is 0 Å². The molecule has 0 bridgehead atoms. The van der Waals surface area contributed by atoms with Crippen molar-refractivity contribution in [3.8, 4) is 84.9 Å². The zero-order valence-electron chi connectivity index (χ0n) is 39.3. The number of aromatic nitrogens is 6. The molecule has 71 heavy (non-hydrogen) atoms. The summed E-state index contributed by atoms with van der Waals surface area (Å²) < 4.78 is 5.81. The Labute approximate surface area is 454 Å². The Morgan fingerprint density at radius 3 is 1.76 bits per heavy atom. The van der Waals surface area contributed by atoms with Gasteiger partial charge >= 0.3 is 0 Å². The summed E-state index contributed by atoms with van der Waals surface area (Å²) in [6.07, 6.45) is 3.21. The minimum absolute atomic E-state index is 0.195. The smallest absolute Gasteiger partial charge is 0.166 e. The summed E-state index contributed by atoms with van der Waals surface area (Å²) in [6.45, 7) is 6.94. The van der Waals surface area contributed by atoms with E-state index in [2.05, 4.69) is 251 Å². The van der Waals surface area contributed by atoms with Crippen molar-refractivity contribution >= 4 is 89.6 Å². The first kappa shape index (κ1) is 45.9. The van der Waals surface area contributed by atoms with Crippen LogP contribution >= 0.6 is 67.8 Å². The van der Waals surface area contributed by atoms with Gasteiger partial charge in [0.25, 0.3) is 0 Å². The minimum atomic E-state index is -0.195. The van der Waals surface area contributed by atoms with Crippen molar-refractivity contribution in [3.05, 3.63) is 209 Å². The standard InChI is InChI=1S/C62H45I3N6/c1-4-5-16-37-27-41(29-43(63)28-37)59-68-60(42-30-44(64)33-45(65)31-42)70-61(69-59)50-32-40(54-36-53(38-17-8-6-9-18-38)66-58(67-54)39-19-10-7-11-20-39)25-26-56(50)71-55-24-15-13-22-47(55)49-34-48-46-21-12-14-23-51(46)62(2,3)52(48)35-57(49)71/h6-15,17-36H,4-5,16H2,1-3H3. The molecule has 1 aliphatic carbocycles. The first-order chi connectivity index (χ1) is 34.6. The third kappa shape index (κ3) is 8.56. The predicted molar refractivity (Wildman–Crippen MR) is 317 cm³/mol. The molecule has 344 valence electrons. The van der Waals surface area contributed by atoms with E-state index in [4.69, 9.17) is 24.9 Å². The van der Waals surface area contributed by atoms with E-state index in [-0.39, 0.29) is 5.41 Å². The second-order valence-electron chi connectivity index (χ2n) is 18.8. The van der Waals surface area contributed by atoms with Gasteiger partial charge in [0, 0.05) is 60.3 Å². The fourth-order valence-electron chi connectivity index (χ4n) is 10.3. The van der Waals surface area contributed by atoms with Crippen LogP contribution in [0.3, 0.4) is 0 Å². The number of unbranched alkanes of at least 4 members (excludes halogenated alkanes) is 1. The molecule has 0 saturated carbocycles. The number of aryl methyl sites for hydroxylation is 1. The lowest BCUT2D eigenvalue weighted by atomic mass is 9.82. The SMILES string of the molecule is CCCCc1cc(I)cc(-c2nc(-c3cc(I)cc(I)c3)nc(-c3cc(-c4cc(-c5ccccc5)nc(-c5ccccc5)n4)ccc3-n3c4ccccc4c4cc5c(cc43)C(C)(C)c3ccccc3-5)n2)c1. The van der Waals surface area contributed by atoms with E-state index in [1.807, 2.05) is 24.3 Å². The van der Waals surface area contributed by atoms with Crippen LogP contribution in [0.15, 0.2) is 182 Å². The highest BCUT2D eigenvalue weighted by Crippen LogP contribution is 2.51. The number of nitrogens with zero attached hydrogens (tertiary/aromatic N) is 6. The van der Waals surface area contributed by atoms with Crippen LogP contribution in [0.25, 0.3) is 107 Å². The Morgan fingerprint density at radius 2 is 1.03 bits per heavy atom. The lowest BCUT2D eigenvalue weighted by molar-refractivity contribution is 0.661. The summed E-state index contributed by atoms with van der Waals surface area (Å²) in [6, 6.07) is 65.1. The van der Waals surface area contributed by atoms with Crippen molar-refractivity contribution < 1.29 is 0 Å². The van der Waals surface area contributed by atoms with Crippen LogP contribution in [0, 0.1) is 10.7 Å². The number of rotatable bonds is 10. The summed E-state index contributed by atoms with van der Waals surface area (Å²) in [4.78, 5) is 26.8. The summed E-state index contributed by atoms with van der Waals surface area (Å²) in [5.74, 6) is 2.48. The molecular formula is C62H45I3N6. The molecule has 0 N–H and O–H groups in total. The molecule has 0 unspecified atom stereocenters. The molecule has 3 heterocycles. The van der Waals surface area contributed by atoms with Gasteiger partial charge in [0.15, 0.2) is 23.3 Å². The zero-order chi connectivity index (χ0) is 48.4. The van der Waals surface area contributed by atoms with Gasteiger partial charge in [0.05, 0.1) is 28.1 Å². The lowest BCUT2D eigenvalue weighted by Gasteiger charge is -2.22. The Bertz CT molecular complexity index is 3810. The quantitative estimate of drug-likeness (QED) is 0.128. The highest BCUT2D eigenvalue weighted by molar-refractivity contribution is 14.1. The van der Waals surface area contributed by atoms with Crippen LogP contribution in [0.2, 0.25) is 0 Å². The van der Waals surface area contributed by atoms with Crippen molar-refractivity contribution in [2.24, 2.45) is 0 Å². The van der Waals surface area contributed by atoms with Gasteiger partial charge in [-0.3, -0.25) is 0 Å². The fraction of sp³-hybridized carbons (Fsp3) is 0.113. The number of para-hydroxylation sites is 1. The number of benzene rings is 8. The monoisotopic (exact) mass is 1250 g/mol. The Morgan fingerprint density at radius 1 is 0.423 bits per heavy atom. The summed E-state index contributed by atoms with van der Waals surface area (Å²) in [5.41, 5.74) is 16.8. The van der Waals surface area contributed by atoms with E-state index in [0.29, 0.717) is 23.3 Å². The average molecular weight is 1250 g/mol. The zero-order valence-corrected chi connectivity index (χ0v) is 45.7. The molecule has 12 rings (SSSR count). The number of hydrogen-bond acceptors (Lipinski definition) is 5. The summed E-state index contributed by atoms with van der Waals surface area (Å²) >= 11 is 7.23. The molecule has 0 aliphatic heterocycles. The van der Waals surface area contributed by atoms with Gasteiger partial charge in [0.2, 0.25) is 0 Å². The third-order valence-corrected chi connectivity index (χ3v) is 15.6. The van der Waals surface area contributed by atoms with Gasteiger partial charge in [-0.2, -0.15) is 0 Å². The number of halogens is 3. The molecule has 0 amide bonds. The predicted octanol–water partition coefficient (Wildman–Crippen LogP) is 17.2. The van der Waals surface area contributed by atoms with Gasteiger partial charge in [-0.1, -0.05) is 136 Å². The van der Waals surface area contributed by atoms with Crippen LogP contribution < -0.4 is 0 Å². The van der Waals surface area contributed by atoms with Crippen molar-refractivity contribution in [1.82, 2.24) is 29.5 Å². The van der Waals surface area contributed by atoms with Crippen LogP contribution in [0.1, 0.15) is 50.3 Å². The largest absolute Gasteiger partial charge is 0.308 e. The molecule has 9 heteroatoms. The molecule has 1 aliphatic rings. The van der Waals surface area contributed by atoms with Gasteiger partial charge < -0.3 is 4.57 Å². The molecular weight excluding hydrogens is 1210 g/mol. The Hall–Kier alpha value is -6.16. The van der Waals surface area contributed by atoms with Crippen molar-refractivity contribution in [3.63, 3.8) is 0 Å². The van der Waals surface area contributed by atoms with E-state index in [0.717, 1.165) is 91.5 Å². The van der Waals surface area contributed by atoms with Crippen LogP contribution in [0.4, 0.5) is 0 Å². The maximum Gasteiger partial charge on any atom is 0.166 e. The molecule has 0 radical (unpaired) electrons. The van der Waals surface area contributed by atoms with E-state index in [1.165, 1.54) is 38.6 Å². The first-order valence-corrected chi connectivity index (χ1v) is 27.2. The van der Waals surface area contributed by atoms with E-state index in [1.54, 1.807) is 0 Å². The molecule has 0 saturated heterocycles. The van der Waals surface area contributed by atoms with Gasteiger partial charge in [-0.25, -0.2) is 24.9 Å². The molecule has 11 aromatic rings. The molecule has 0 fully saturated rings. The molecule has 8 aromatic carbocycles. The lowest BCUT2D eigenvalue weighted by Crippen LogP contribution is -2.15. The highest BCUT2D eigenvalue weighted by atomic mass is 127. The summed E-state index contributed by atoms with van der Waals surface area (Å²) in [7, 11) is 0. The van der Waals surface area contributed by atoms with Gasteiger partial charge in [-0.05, 0) is 181 Å². The van der Waals surface area contributed by atoms with Crippen LogP contribution in [-0.4, -0.2) is 29.5 Å². The molecule has 0 atom stereocenters. The van der Waals surface area contributed by atoms with Gasteiger partial charge in [0.1, 0.15) is 0 Å². The first-order valence-electron chi connectivity index (χ1n) is 23.9.